The van der Waals surface area contributed by atoms with Gasteiger partial charge in [-0.3, -0.25) is 4.79 Å². The fraction of sp³-hybridized carbons (Fsp3) is 0.867. The molecule has 23 heavy (non-hydrogen) atoms. The van der Waals surface area contributed by atoms with Crippen LogP contribution in [0.3, 0.4) is 0 Å². The second kappa shape index (κ2) is 6.82. The normalized spacial score (nSPS) is 35.2. The van der Waals surface area contributed by atoms with Crippen LogP contribution in [0.2, 0.25) is 0 Å². The lowest BCUT2D eigenvalue weighted by Gasteiger charge is -2.44. The highest BCUT2D eigenvalue weighted by molar-refractivity contribution is 8.17. The zero-order valence-corrected chi connectivity index (χ0v) is 15.0. The number of aliphatic carboxylic acids is 1. The molecule has 0 aromatic rings. The largest absolute Gasteiger partial charge is 0.548 e. The summed E-state index contributed by atoms with van der Waals surface area (Å²) in [6.45, 7) is 3.41. The summed E-state index contributed by atoms with van der Waals surface area (Å²) in [6.07, 6.45) is 2.96. The number of β-lactam (4-membered cyclic amide) rings is 1. The van der Waals surface area contributed by atoms with Crippen LogP contribution in [0.25, 0.3) is 0 Å². The van der Waals surface area contributed by atoms with Crippen molar-refractivity contribution in [1.82, 2.24) is 4.90 Å². The number of carbonyl (C=O) groups is 2. The number of nitrogens with zero attached hydrogens (tertiary/aromatic N) is 2. The second-order valence-corrected chi connectivity index (χ2v) is 9.70. The van der Waals surface area contributed by atoms with Crippen LogP contribution in [0, 0.1) is 5.92 Å². The van der Waals surface area contributed by atoms with Crippen molar-refractivity contribution in [2.75, 3.05) is 39.0 Å². The number of hydrogen-bond acceptors (Lipinski definition) is 6. The maximum absolute atomic E-state index is 12.1. The molecule has 0 spiro atoms. The summed E-state index contributed by atoms with van der Waals surface area (Å²) in [5.41, 5.74) is 0. The number of carboxylic acids is 1. The van der Waals surface area contributed by atoms with Crippen LogP contribution in [-0.2, 0) is 9.59 Å². The summed E-state index contributed by atoms with van der Waals surface area (Å²) in [5.74, 6) is -0.639. The van der Waals surface area contributed by atoms with Gasteiger partial charge in [-0.1, -0.05) is 0 Å². The van der Waals surface area contributed by atoms with E-state index in [1.807, 2.05) is 0 Å². The maximum Gasteiger partial charge on any atom is 0.230 e. The molecule has 0 radical (unpaired) electrons. The van der Waals surface area contributed by atoms with Crippen molar-refractivity contribution in [3.63, 3.8) is 0 Å². The number of hydrogen-bond donors (Lipinski definition) is 1. The highest BCUT2D eigenvalue weighted by Gasteiger charge is 2.58. The van der Waals surface area contributed by atoms with Gasteiger partial charge in [0.15, 0.2) is 0 Å². The van der Waals surface area contributed by atoms with E-state index < -0.39 is 12.0 Å². The van der Waals surface area contributed by atoms with E-state index >= 15 is 0 Å². The van der Waals surface area contributed by atoms with Crippen molar-refractivity contribution in [2.24, 2.45) is 5.92 Å². The predicted molar refractivity (Wildman–Crippen MR) is 88.5 cm³/mol. The molecule has 0 saturated carbocycles. The van der Waals surface area contributed by atoms with Crippen LogP contribution in [0.4, 0.5) is 0 Å². The molecule has 3 fully saturated rings. The standard InChI is InChI=1S/C15H24N2O4S2/c1-17(5-2-3-6-17)7-9-22-15-11(14(20)21)16-12(19)10(4-8-18)13(16)23-15/h10-11,13,15,18H,2-9H2,1H3/t10-,11?,13+,15?/m0/s1. The molecule has 0 aromatic heterocycles. The van der Waals surface area contributed by atoms with Gasteiger partial charge in [0, 0.05) is 25.2 Å². The van der Waals surface area contributed by atoms with E-state index in [0.29, 0.717) is 6.42 Å². The Labute approximate surface area is 145 Å². The van der Waals surface area contributed by atoms with Crippen molar-refractivity contribution in [3.8, 4) is 0 Å². The molecule has 3 aliphatic heterocycles. The molecule has 0 aliphatic carbocycles. The first-order chi connectivity index (χ1) is 11.0. The van der Waals surface area contributed by atoms with E-state index in [1.54, 1.807) is 23.5 Å². The zero-order valence-electron chi connectivity index (χ0n) is 13.3. The lowest BCUT2D eigenvalue weighted by atomic mass is 9.93. The SMILES string of the molecule is C[N+]1(CCSC2S[C@@H]3[C@@H](CCO)C(=O)N3C2C(=O)[O-])CCCC1. The third-order valence-corrected chi connectivity index (χ3v) is 8.37. The third-order valence-electron chi connectivity index (χ3n) is 5.26. The van der Waals surface area contributed by atoms with Crippen LogP contribution >= 0.6 is 23.5 Å². The molecule has 1 N–H and O–H groups in total. The van der Waals surface area contributed by atoms with Gasteiger partial charge in [0.05, 0.1) is 54.6 Å². The van der Waals surface area contributed by atoms with Gasteiger partial charge >= 0.3 is 0 Å². The summed E-state index contributed by atoms with van der Waals surface area (Å²) in [6, 6.07) is -0.832. The van der Waals surface area contributed by atoms with Crippen LogP contribution < -0.4 is 5.11 Å². The zero-order chi connectivity index (χ0) is 16.6. The Hall–Kier alpha value is -0.440. The Morgan fingerprint density at radius 2 is 2.17 bits per heavy atom. The van der Waals surface area contributed by atoms with Crippen LogP contribution in [0.1, 0.15) is 19.3 Å². The van der Waals surface area contributed by atoms with E-state index in [4.69, 9.17) is 5.11 Å². The lowest BCUT2D eigenvalue weighted by Crippen LogP contribution is -2.63. The molecule has 8 heteroatoms. The van der Waals surface area contributed by atoms with Gasteiger partial charge in [0.2, 0.25) is 5.91 Å². The van der Waals surface area contributed by atoms with Crippen LogP contribution in [0.15, 0.2) is 0 Å². The second-order valence-electron chi connectivity index (χ2n) is 6.89. The van der Waals surface area contributed by atoms with E-state index in [1.165, 1.54) is 30.8 Å². The highest BCUT2D eigenvalue weighted by Crippen LogP contribution is 2.51. The predicted octanol–water partition coefficient (Wildman–Crippen LogP) is -0.682. The van der Waals surface area contributed by atoms with Gasteiger partial charge in [-0.25, -0.2) is 0 Å². The van der Waals surface area contributed by atoms with E-state index in [9.17, 15) is 14.7 Å². The molecule has 2 unspecified atom stereocenters. The van der Waals surface area contributed by atoms with Crippen molar-refractivity contribution < 1.29 is 24.3 Å². The minimum absolute atomic E-state index is 0.0368. The van der Waals surface area contributed by atoms with E-state index in [0.717, 1.165) is 16.8 Å². The highest BCUT2D eigenvalue weighted by atomic mass is 32.2. The minimum atomic E-state index is -1.16. The monoisotopic (exact) mass is 360 g/mol. The fourth-order valence-electron chi connectivity index (χ4n) is 3.82. The molecule has 0 aromatic carbocycles. The molecular formula is C15H24N2O4S2. The average molecular weight is 361 g/mol. The molecule has 6 nitrogen and oxygen atoms in total. The summed E-state index contributed by atoms with van der Waals surface area (Å²) in [5, 5.41) is 20.5. The van der Waals surface area contributed by atoms with Gasteiger partial charge in [-0.15, -0.1) is 23.5 Å². The molecular weight excluding hydrogens is 336 g/mol. The smallest absolute Gasteiger partial charge is 0.230 e. The van der Waals surface area contributed by atoms with Gasteiger partial charge in [0.25, 0.3) is 0 Å². The van der Waals surface area contributed by atoms with Gasteiger partial charge in [-0.2, -0.15) is 0 Å². The number of aliphatic hydroxyl groups is 1. The fourth-order valence-corrected chi connectivity index (χ4v) is 7.44. The number of amides is 1. The lowest BCUT2D eigenvalue weighted by molar-refractivity contribution is -0.895. The number of aliphatic hydroxyl groups excluding tert-OH is 1. The summed E-state index contributed by atoms with van der Waals surface area (Å²) >= 11 is 3.20. The van der Waals surface area contributed by atoms with Crippen molar-refractivity contribution in [3.05, 3.63) is 0 Å². The van der Waals surface area contributed by atoms with Crippen molar-refractivity contribution >= 4 is 35.4 Å². The van der Waals surface area contributed by atoms with Crippen molar-refractivity contribution in [2.45, 2.75) is 35.3 Å². The molecule has 3 heterocycles. The maximum atomic E-state index is 12.1. The quantitative estimate of drug-likeness (QED) is 0.479. The van der Waals surface area contributed by atoms with Crippen LogP contribution in [-0.4, -0.2) is 81.4 Å². The summed E-state index contributed by atoms with van der Waals surface area (Å²) in [4.78, 5) is 25.1. The Kier molecular flexibility index (Phi) is 5.15. The molecule has 3 aliphatic rings. The number of quaternary nitrogens is 1. The van der Waals surface area contributed by atoms with Crippen molar-refractivity contribution in [1.29, 1.82) is 0 Å². The molecule has 130 valence electrons. The number of fused-ring (bicyclic) bond motifs is 1. The average Bonchev–Trinajstić information content (AvgIpc) is 3.07. The first-order valence-corrected chi connectivity index (χ1v) is 10.2. The van der Waals surface area contributed by atoms with Gasteiger partial charge in [-0.05, 0) is 6.42 Å². The van der Waals surface area contributed by atoms with Crippen LogP contribution in [0.5, 0.6) is 0 Å². The third kappa shape index (κ3) is 3.23. The van der Waals surface area contributed by atoms with E-state index in [2.05, 4.69) is 7.05 Å². The minimum Gasteiger partial charge on any atom is -0.548 e. The Bertz CT molecular complexity index is 484. The summed E-state index contributed by atoms with van der Waals surface area (Å²) in [7, 11) is 2.26. The number of thioether (sulfide) groups is 2. The number of carboxylic acid groups (broad SMARTS) is 1. The topological polar surface area (TPSA) is 80.7 Å². The molecule has 4 atom stereocenters. The number of likely N-dealkylation sites (tertiary alicyclic amines) is 1. The Balaban J connectivity index is 1.58. The number of rotatable bonds is 7. The molecule has 3 saturated heterocycles. The molecule has 1 amide bonds. The van der Waals surface area contributed by atoms with Gasteiger partial charge in [0.1, 0.15) is 0 Å². The molecule has 3 rings (SSSR count). The first kappa shape index (κ1) is 17.4. The Morgan fingerprint density at radius 3 is 2.78 bits per heavy atom. The summed E-state index contributed by atoms with van der Waals surface area (Å²) < 4.78 is 0.909. The molecule has 0 bridgehead atoms. The Morgan fingerprint density at radius 1 is 1.48 bits per heavy atom. The first-order valence-electron chi connectivity index (χ1n) is 8.21. The van der Waals surface area contributed by atoms with Gasteiger partial charge < -0.3 is 24.4 Å². The van der Waals surface area contributed by atoms with E-state index in [-0.39, 0.29) is 28.4 Å². The number of carbonyl (C=O) groups excluding carboxylic acids is 2.